The number of ether oxygens (including phenoxy) is 1. The molecule has 0 heterocycles. The first-order valence-corrected chi connectivity index (χ1v) is 8.02. The predicted molar refractivity (Wildman–Crippen MR) is 86.9 cm³/mol. The number of hydrogen-bond acceptors (Lipinski definition) is 5. The van der Waals surface area contributed by atoms with Gasteiger partial charge in [-0.3, -0.25) is 4.79 Å². The Balaban J connectivity index is 2.54. The summed E-state index contributed by atoms with van der Waals surface area (Å²) in [5.74, 6) is -1.18. The molecule has 5 nitrogen and oxygen atoms in total. The molecule has 0 amide bonds. The minimum Gasteiger partial charge on any atom is -0.508 e. The minimum atomic E-state index is -1.49. The molecule has 3 saturated carbocycles. The van der Waals surface area contributed by atoms with Gasteiger partial charge in [0, 0.05) is 18.1 Å². The summed E-state index contributed by atoms with van der Waals surface area (Å²) in [7, 11) is 0. The van der Waals surface area contributed by atoms with Gasteiger partial charge in [-0.25, -0.2) is 0 Å². The van der Waals surface area contributed by atoms with Gasteiger partial charge in [0.15, 0.2) is 5.78 Å². The molecular formula is C18H26O5. The van der Waals surface area contributed by atoms with Gasteiger partial charge >= 0.3 is 0 Å². The predicted octanol–water partition coefficient (Wildman–Crippen LogP) is 2.06. The molecule has 3 aliphatic carbocycles. The molecule has 0 spiro atoms. The standard InChI is InChI=1S/C18H26O5/c1-5-7-8-9-12(19)14-11-10-13(23-6-2)17(3,15(14)20)16(21)18(11,4)22/h5,7-9,11,13,16,19,21-22H,6,10H2,1-4H3/b7-5+,9-8+,14-12-/t11-,13?,16+,17+,18+/m1/s1. The van der Waals surface area contributed by atoms with Crippen LogP contribution in [-0.4, -0.2) is 45.5 Å². The van der Waals surface area contributed by atoms with Crippen LogP contribution in [0.2, 0.25) is 0 Å². The number of carbonyl (C=O) groups is 1. The lowest BCUT2D eigenvalue weighted by Gasteiger charge is -2.59. The average molecular weight is 322 g/mol. The van der Waals surface area contributed by atoms with E-state index < -0.39 is 29.1 Å². The van der Waals surface area contributed by atoms with Crippen molar-refractivity contribution >= 4 is 5.78 Å². The van der Waals surface area contributed by atoms with Gasteiger partial charge in [0.2, 0.25) is 0 Å². The number of fused-ring (bicyclic) bond motifs is 3. The highest BCUT2D eigenvalue weighted by Crippen LogP contribution is 2.56. The first-order valence-electron chi connectivity index (χ1n) is 8.02. The zero-order valence-electron chi connectivity index (χ0n) is 14.1. The van der Waals surface area contributed by atoms with Gasteiger partial charge in [-0.05, 0) is 40.2 Å². The van der Waals surface area contributed by atoms with Crippen molar-refractivity contribution in [3.63, 3.8) is 0 Å². The highest BCUT2D eigenvalue weighted by molar-refractivity contribution is 6.04. The van der Waals surface area contributed by atoms with Gasteiger partial charge in [-0.2, -0.15) is 0 Å². The Morgan fingerprint density at radius 2 is 2.04 bits per heavy atom. The van der Waals surface area contributed by atoms with Crippen LogP contribution in [0.5, 0.6) is 0 Å². The summed E-state index contributed by atoms with van der Waals surface area (Å²) in [5.41, 5.74) is -2.58. The number of aliphatic hydroxyl groups excluding tert-OH is 2. The molecule has 0 aromatic carbocycles. The highest BCUT2D eigenvalue weighted by atomic mass is 16.5. The molecule has 3 rings (SSSR count). The number of ketones is 1. The number of Topliss-reactive ketones (excluding diaryl/α,β-unsaturated/α-hetero) is 1. The van der Waals surface area contributed by atoms with Crippen LogP contribution in [-0.2, 0) is 9.53 Å². The summed E-state index contributed by atoms with van der Waals surface area (Å²) in [6.07, 6.45) is 5.28. The summed E-state index contributed by atoms with van der Waals surface area (Å²) in [6.45, 7) is 7.21. The van der Waals surface area contributed by atoms with E-state index in [-0.39, 0.29) is 17.1 Å². The first kappa shape index (κ1) is 17.9. The molecule has 5 heteroatoms. The maximum absolute atomic E-state index is 12.9. The van der Waals surface area contributed by atoms with Crippen LogP contribution < -0.4 is 0 Å². The van der Waals surface area contributed by atoms with Crippen LogP contribution in [0.3, 0.4) is 0 Å². The highest BCUT2D eigenvalue weighted by Gasteiger charge is 2.68. The number of hydrogen-bond donors (Lipinski definition) is 3. The monoisotopic (exact) mass is 322 g/mol. The van der Waals surface area contributed by atoms with Gasteiger partial charge in [0.25, 0.3) is 0 Å². The first-order chi connectivity index (χ1) is 10.7. The van der Waals surface area contributed by atoms with Crippen molar-refractivity contribution < 1.29 is 24.9 Å². The maximum atomic E-state index is 12.9. The molecule has 0 radical (unpaired) electrons. The SMILES string of the molecule is C/C=C/C=C/C(O)=C1/C(=O)[C@]2(C)C(OCC)C[C@H]1[C@](C)(O)[C@H]2O. The molecular weight excluding hydrogens is 296 g/mol. The summed E-state index contributed by atoms with van der Waals surface area (Å²) >= 11 is 0. The van der Waals surface area contributed by atoms with Gasteiger partial charge in [0.05, 0.1) is 23.2 Å². The van der Waals surface area contributed by atoms with E-state index >= 15 is 0 Å². The molecule has 128 valence electrons. The number of rotatable bonds is 4. The molecule has 3 aliphatic rings. The van der Waals surface area contributed by atoms with Gasteiger partial charge < -0.3 is 20.1 Å². The lowest BCUT2D eigenvalue weighted by molar-refractivity contribution is -0.230. The Labute approximate surface area is 137 Å². The fraction of sp³-hybridized carbons (Fsp3) is 0.611. The van der Waals surface area contributed by atoms with Gasteiger partial charge in [-0.15, -0.1) is 0 Å². The third-order valence-electron chi connectivity index (χ3n) is 5.23. The smallest absolute Gasteiger partial charge is 0.174 e. The van der Waals surface area contributed by atoms with E-state index in [0.29, 0.717) is 13.0 Å². The van der Waals surface area contributed by atoms with Crippen LogP contribution in [0.25, 0.3) is 0 Å². The maximum Gasteiger partial charge on any atom is 0.174 e. The Bertz CT molecular complexity index is 572. The van der Waals surface area contributed by atoms with Crippen molar-refractivity contribution in [1.29, 1.82) is 0 Å². The summed E-state index contributed by atoms with van der Waals surface area (Å²) in [6, 6.07) is 0. The number of carbonyl (C=O) groups excluding carboxylic acids is 1. The molecule has 1 unspecified atom stereocenters. The van der Waals surface area contributed by atoms with E-state index in [1.54, 1.807) is 25.2 Å². The van der Waals surface area contributed by atoms with Crippen LogP contribution in [0, 0.1) is 11.3 Å². The van der Waals surface area contributed by atoms with Crippen LogP contribution in [0.4, 0.5) is 0 Å². The largest absolute Gasteiger partial charge is 0.508 e. The molecule has 0 aromatic heterocycles. The topological polar surface area (TPSA) is 87.0 Å². The second-order valence-electron chi connectivity index (χ2n) is 6.66. The van der Waals surface area contributed by atoms with E-state index in [9.17, 15) is 20.1 Å². The zero-order chi connectivity index (χ0) is 17.4. The van der Waals surface area contributed by atoms with Crippen LogP contribution in [0.15, 0.2) is 35.6 Å². The normalized spacial score (nSPS) is 42.9. The van der Waals surface area contributed by atoms with E-state index in [2.05, 4.69) is 0 Å². The van der Waals surface area contributed by atoms with Gasteiger partial charge in [-0.1, -0.05) is 18.2 Å². The fourth-order valence-electron chi connectivity index (χ4n) is 3.88. The average Bonchev–Trinajstić information content (AvgIpc) is 2.49. The van der Waals surface area contributed by atoms with Crippen molar-refractivity contribution in [3.8, 4) is 0 Å². The second-order valence-corrected chi connectivity index (χ2v) is 6.66. The summed E-state index contributed by atoms with van der Waals surface area (Å²) < 4.78 is 5.66. The Kier molecular flexibility index (Phi) is 4.85. The van der Waals surface area contributed by atoms with E-state index in [4.69, 9.17) is 4.74 Å². The van der Waals surface area contributed by atoms with Crippen LogP contribution in [0.1, 0.15) is 34.1 Å². The Morgan fingerprint density at radius 1 is 1.39 bits per heavy atom. The quantitative estimate of drug-likeness (QED) is 0.419. The molecule has 5 atom stereocenters. The Hall–Kier alpha value is -1.43. The zero-order valence-corrected chi connectivity index (χ0v) is 14.1. The molecule has 2 bridgehead atoms. The van der Waals surface area contributed by atoms with Crippen molar-refractivity contribution in [3.05, 3.63) is 35.6 Å². The molecule has 3 N–H and O–H groups in total. The Morgan fingerprint density at radius 3 is 2.61 bits per heavy atom. The van der Waals surface area contributed by atoms with E-state index in [0.717, 1.165) is 0 Å². The number of allylic oxidation sites excluding steroid dienone is 4. The molecule has 23 heavy (non-hydrogen) atoms. The lowest BCUT2D eigenvalue weighted by atomic mass is 9.49. The molecule has 3 fully saturated rings. The summed E-state index contributed by atoms with van der Waals surface area (Å²) in [5, 5.41) is 31.7. The molecule has 0 saturated heterocycles. The number of aliphatic hydroxyl groups is 3. The molecule has 0 aromatic rings. The molecule has 0 aliphatic heterocycles. The summed E-state index contributed by atoms with van der Waals surface area (Å²) in [4.78, 5) is 12.9. The van der Waals surface area contributed by atoms with Gasteiger partial charge in [0.1, 0.15) is 5.76 Å². The second kappa shape index (κ2) is 6.23. The van der Waals surface area contributed by atoms with Crippen molar-refractivity contribution in [1.82, 2.24) is 0 Å². The van der Waals surface area contributed by atoms with E-state index in [1.807, 2.05) is 13.8 Å². The third-order valence-corrected chi connectivity index (χ3v) is 5.23. The van der Waals surface area contributed by atoms with Crippen molar-refractivity contribution in [2.24, 2.45) is 11.3 Å². The van der Waals surface area contributed by atoms with Crippen molar-refractivity contribution in [2.45, 2.75) is 51.9 Å². The fourth-order valence-corrected chi connectivity index (χ4v) is 3.88. The van der Waals surface area contributed by atoms with E-state index in [1.165, 1.54) is 13.0 Å². The van der Waals surface area contributed by atoms with Crippen LogP contribution >= 0.6 is 0 Å². The van der Waals surface area contributed by atoms with Crippen molar-refractivity contribution in [2.75, 3.05) is 6.61 Å². The minimum absolute atomic E-state index is 0.161. The lowest BCUT2D eigenvalue weighted by Crippen LogP contribution is -2.71. The third kappa shape index (κ3) is 2.57.